The van der Waals surface area contributed by atoms with Crippen LogP contribution in [0, 0.1) is 5.92 Å². The minimum atomic E-state index is -2.81. The number of thiol groups is 1. The van der Waals surface area contributed by atoms with Crippen LogP contribution in [0.3, 0.4) is 0 Å². The van der Waals surface area contributed by atoms with E-state index in [2.05, 4.69) is 58.4 Å². The number of benzene rings is 1. The van der Waals surface area contributed by atoms with Crippen molar-refractivity contribution in [1.29, 1.82) is 0 Å². The molecule has 0 radical (unpaired) electrons. The summed E-state index contributed by atoms with van der Waals surface area (Å²) in [6.07, 6.45) is 7.52. The molecule has 0 spiro atoms. The van der Waals surface area contributed by atoms with Crippen LogP contribution in [0.2, 0.25) is 0 Å². The van der Waals surface area contributed by atoms with E-state index in [9.17, 15) is 8.42 Å². The molecule has 1 saturated carbocycles. The first-order valence-corrected chi connectivity index (χ1v) is 12.9. The summed E-state index contributed by atoms with van der Waals surface area (Å²) in [6, 6.07) is 8.75. The van der Waals surface area contributed by atoms with Crippen molar-refractivity contribution in [2.24, 2.45) is 5.92 Å². The van der Waals surface area contributed by atoms with E-state index in [1.54, 1.807) is 0 Å². The van der Waals surface area contributed by atoms with E-state index in [1.165, 1.54) is 30.6 Å². The van der Waals surface area contributed by atoms with E-state index < -0.39 is 11.0 Å². The van der Waals surface area contributed by atoms with Gasteiger partial charge in [-0.1, -0.05) is 25.3 Å². The Morgan fingerprint density at radius 2 is 1.84 bits per heavy atom. The van der Waals surface area contributed by atoms with Crippen LogP contribution in [0.15, 0.2) is 24.3 Å². The Morgan fingerprint density at radius 3 is 2.52 bits per heavy atom. The minimum absolute atomic E-state index is 0.320. The molecule has 1 aliphatic heterocycles. The van der Waals surface area contributed by atoms with E-state index in [0.29, 0.717) is 5.92 Å². The van der Waals surface area contributed by atoms with Crippen molar-refractivity contribution in [1.82, 2.24) is 10.2 Å². The normalized spacial score (nSPS) is 19.6. The summed E-state index contributed by atoms with van der Waals surface area (Å²) in [5.41, 5.74) is 2.55. The Kier molecular flexibility index (Phi) is 9.90. The average Bonchev–Trinajstić information content (AvgIpc) is 2.79. The monoisotopic (exact) mass is 452 g/mol. The fourth-order valence-electron chi connectivity index (χ4n) is 4.72. The first kappa shape index (κ1) is 24.3. The smallest absolute Gasteiger partial charge is 0.258 e. The highest BCUT2D eigenvalue weighted by molar-refractivity contribution is 7.67. The van der Waals surface area contributed by atoms with Crippen molar-refractivity contribution in [2.75, 3.05) is 63.2 Å². The highest BCUT2D eigenvalue weighted by atomic mass is 32.2. The molecule has 1 heterocycles. The number of rotatable bonds is 11. The molecule has 1 atom stereocenters. The summed E-state index contributed by atoms with van der Waals surface area (Å²) in [5, 5.41) is 3.36. The third kappa shape index (κ3) is 7.93. The second-order valence-electron chi connectivity index (χ2n) is 9.05. The maximum absolute atomic E-state index is 11.1. The maximum atomic E-state index is 11.1. The van der Waals surface area contributed by atoms with Gasteiger partial charge >= 0.3 is 0 Å². The summed E-state index contributed by atoms with van der Waals surface area (Å²) in [7, 11) is 1.35. The van der Waals surface area contributed by atoms with Crippen molar-refractivity contribution in [2.45, 2.75) is 51.2 Å². The third-order valence-electron chi connectivity index (χ3n) is 6.61. The van der Waals surface area contributed by atoms with E-state index in [0.717, 1.165) is 65.0 Å². The van der Waals surface area contributed by atoms with Crippen LogP contribution in [0.5, 0.6) is 0 Å². The molecule has 1 N–H and O–H groups in total. The van der Waals surface area contributed by atoms with Gasteiger partial charge < -0.3 is 9.80 Å². The van der Waals surface area contributed by atoms with E-state index in [-0.39, 0.29) is 6.23 Å². The number of nitrogens with one attached hydrogen (secondary N) is 1. The van der Waals surface area contributed by atoms with Crippen molar-refractivity contribution in [3.63, 3.8) is 0 Å². The molecule has 0 aromatic heterocycles. The second kappa shape index (κ2) is 12.6. The lowest BCUT2D eigenvalue weighted by molar-refractivity contribution is 0.0881. The Balaban J connectivity index is 1.34. The summed E-state index contributed by atoms with van der Waals surface area (Å²) < 4.78 is 27.4. The summed E-state index contributed by atoms with van der Waals surface area (Å²) >= 11 is 0. The lowest BCUT2D eigenvalue weighted by Crippen LogP contribution is -2.46. The van der Waals surface area contributed by atoms with Gasteiger partial charge in [0.1, 0.15) is 6.23 Å². The van der Waals surface area contributed by atoms with E-state index in [1.807, 2.05) is 0 Å². The van der Waals surface area contributed by atoms with Gasteiger partial charge in [0, 0.05) is 51.6 Å². The van der Waals surface area contributed by atoms with Crippen molar-refractivity contribution >= 4 is 22.4 Å². The predicted octanol–water partition coefficient (Wildman–Crippen LogP) is 2.69. The summed E-state index contributed by atoms with van der Waals surface area (Å²) in [5.74, 6) is 0.320. The number of hydrogen-bond donors (Lipinski definition) is 2. The number of unbranched alkanes of at least 4 members (excludes halogenated alkanes) is 1. The fraction of sp³-hybridized carbons (Fsp3) is 0.739. The van der Waals surface area contributed by atoms with E-state index >= 15 is 0 Å². The highest BCUT2D eigenvalue weighted by Gasteiger charge is 2.25. The molecule has 1 aliphatic carbocycles. The van der Waals surface area contributed by atoms with Crippen LogP contribution in [-0.2, 0) is 15.2 Å². The number of hydrogen-bond acceptors (Lipinski definition) is 7. The third-order valence-corrected chi connectivity index (χ3v) is 7.01. The first-order chi connectivity index (χ1) is 15.0. The Morgan fingerprint density at radius 1 is 1.10 bits per heavy atom. The molecule has 8 heteroatoms. The van der Waals surface area contributed by atoms with Gasteiger partial charge in [0.05, 0.1) is 0 Å². The highest BCUT2D eigenvalue weighted by Crippen LogP contribution is 2.27. The maximum Gasteiger partial charge on any atom is 0.258 e. The second-order valence-corrected chi connectivity index (χ2v) is 9.71. The molecule has 0 bridgehead atoms. The largest absolute Gasteiger partial charge is 0.378 e. The number of piperazine rings is 1. The van der Waals surface area contributed by atoms with Gasteiger partial charge in [0.15, 0.2) is 0 Å². The van der Waals surface area contributed by atoms with Crippen LogP contribution in [0.25, 0.3) is 0 Å². The average molecular weight is 453 g/mol. The van der Waals surface area contributed by atoms with Gasteiger partial charge in [-0.15, -0.1) is 0 Å². The van der Waals surface area contributed by atoms with Crippen molar-refractivity contribution < 1.29 is 12.6 Å². The molecule has 3 rings (SSSR count). The fourth-order valence-corrected chi connectivity index (χ4v) is 5.15. The molecule has 2 fully saturated rings. The van der Waals surface area contributed by atoms with Crippen LogP contribution in [0.1, 0.15) is 44.9 Å². The summed E-state index contributed by atoms with van der Waals surface area (Å²) in [6.45, 7) is 6.19. The molecule has 1 aromatic rings. The zero-order valence-electron chi connectivity index (χ0n) is 19.2. The molecule has 176 valence electrons. The quantitative estimate of drug-likeness (QED) is 0.304. The standard InChI is InChI=1S/C23H40N4O3S/c1-25(2)21-11-8-12-22(19-21)27-17-15-26(16-18-27)14-7-6-13-24-23(30-31(28)29)20-9-4-3-5-10-20/h8,11-12,19-20,23-24,31H,3-7,9-10,13-18H2,1-2H3. The lowest BCUT2D eigenvalue weighted by Gasteiger charge is -2.36. The molecule has 31 heavy (non-hydrogen) atoms. The van der Waals surface area contributed by atoms with Gasteiger partial charge in [-0.05, 0) is 62.9 Å². The van der Waals surface area contributed by atoms with E-state index in [4.69, 9.17) is 4.18 Å². The van der Waals surface area contributed by atoms with Crippen LogP contribution in [-0.4, -0.2) is 72.9 Å². The Bertz CT molecular complexity index is 721. The number of anilines is 2. The Labute approximate surface area is 189 Å². The molecule has 0 amide bonds. The Hall–Kier alpha value is -1.35. The molecular formula is C23H40N4O3S. The van der Waals surface area contributed by atoms with Crippen LogP contribution < -0.4 is 15.1 Å². The van der Waals surface area contributed by atoms with Crippen molar-refractivity contribution in [3.05, 3.63) is 24.3 Å². The van der Waals surface area contributed by atoms with Crippen LogP contribution >= 0.6 is 0 Å². The number of nitrogens with zero attached hydrogens (tertiary/aromatic N) is 3. The van der Waals surface area contributed by atoms with Crippen molar-refractivity contribution in [3.8, 4) is 0 Å². The van der Waals surface area contributed by atoms with Gasteiger partial charge in [-0.25, -0.2) is 8.42 Å². The zero-order chi connectivity index (χ0) is 22.1. The molecule has 1 saturated heterocycles. The van der Waals surface area contributed by atoms with Crippen LogP contribution in [0.4, 0.5) is 11.4 Å². The molecular weight excluding hydrogens is 412 g/mol. The molecule has 1 aromatic carbocycles. The van der Waals surface area contributed by atoms with Gasteiger partial charge in [-0.2, -0.15) is 0 Å². The lowest BCUT2D eigenvalue weighted by atomic mass is 9.88. The SMILES string of the molecule is CN(C)c1cccc(N2CCN(CCCCNC(O[SH](=O)=O)C3CCCCC3)CC2)c1. The van der Waals surface area contributed by atoms with Gasteiger partial charge in [0.2, 0.25) is 0 Å². The molecule has 1 unspecified atom stereocenters. The molecule has 7 nitrogen and oxygen atoms in total. The summed E-state index contributed by atoms with van der Waals surface area (Å²) in [4.78, 5) is 7.16. The molecule has 2 aliphatic rings. The topological polar surface area (TPSA) is 65.1 Å². The van der Waals surface area contributed by atoms with Gasteiger partial charge in [0.25, 0.3) is 11.0 Å². The predicted molar refractivity (Wildman–Crippen MR) is 128 cm³/mol. The van der Waals surface area contributed by atoms with Gasteiger partial charge in [-0.3, -0.25) is 14.4 Å². The first-order valence-electron chi connectivity index (χ1n) is 11.8. The minimum Gasteiger partial charge on any atom is -0.378 e. The zero-order valence-corrected chi connectivity index (χ0v) is 20.1.